The normalized spacial score (nSPS) is 10.4. The molecule has 0 aliphatic carbocycles. The molecule has 0 aliphatic rings. The lowest BCUT2D eigenvalue weighted by Crippen LogP contribution is -2.16. The zero-order valence-electron chi connectivity index (χ0n) is 11.5. The largest absolute Gasteiger partial charge is 0.462 e. The van der Waals surface area contributed by atoms with E-state index in [1.165, 1.54) is 25.1 Å². The van der Waals surface area contributed by atoms with Crippen LogP contribution in [0.15, 0.2) is 27.4 Å². The van der Waals surface area contributed by atoms with E-state index in [0.717, 1.165) is 0 Å². The number of rotatable bonds is 3. The van der Waals surface area contributed by atoms with Crippen molar-refractivity contribution < 1.29 is 23.5 Å². The number of fused-ring (bicyclic) bond motifs is 1. The fourth-order valence-corrected chi connectivity index (χ4v) is 1.85. The van der Waals surface area contributed by atoms with E-state index >= 15 is 0 Å². The molecular formula is C14H13NO6. The molecule has 21 heavy (non-hydrogen) atoms. The highest BCUT2D eigenvalue weighted by Crippen LogP contribution is 2.26. The SMILES string of the molecule is CCOC(=O)c1c(N)c(=O)oc2ccc(OC(C)=O)cc12. The van der Waals surface area contributed by atoms with E-state index in [9.17, 15) is 14.4 Å². The van der Waals surface area contributed by atoms with Crippen LogP contribution in [0, 0.1) is 0 Å². The van der Waals surface area contributed by atoms with Gasteiger partial charge in [-0.2, -0.15) is 0 Å². The Balaban J connectivity index is 2.72. The quantitative estimate of drug-likeness (QED) is 0.518. The molecule has 110 valence electrons. The highest BCUT2D eigenvalue weighted by molar-refractivity contribution is 6.07. The van der Waals surface area contributed by atoms with Gasteiger partial charge in [0.05, 0.1) is 6.61 Å². The van der Waals surface area contributed by atoms with Crippen molar-refractivity contribution in [3.8, 4) is 5.75 Å². The molecule has 2 aromatic rings. The van der Waals surface area contributed by atoms with Crippen molar-refractivity contribution in [2.24, 2.45) is 0 Å². The van der Waals surface area contributed by atoms with Crippen LogP contribution in [0.2, 0.25) is 0 Å². The van der Waals surface area contributed by atoms with E-state index in [4.69, 9.17) is 19.6 Å². The molecule has 0 amide bonds. The minimum Gasteiger partial charge on any atom is -0.462 e. The van der Waals surface area contributed by atoms with Crippen LogP contribution in [0.3, 0.4) is 0 Å². The molecule has 1 heterocycles. The lowest BCUT2D eigenvalue weighted by atomic mass is 10.1. The summed E-state index contributed by atoms with van der Waals surface area (Å²) in [6.45, 7) is 3.01. The Kier molecular flexibility index (Phi) is 3.93. The number of anilines is 1. The first-order chi connectivity index (χ1) is 9.93. The first-order valence-corrected chi connectivity index (χ1v) is 6.16. The second-order valence-corrected chi connectivity index (χ2v) is 4.15. The first-order valence-electron chi connectivity index (χ1n) is 6.16. The maximum Gasteiger partial charge on any atom is 0.360 e. The fraction of sp³-hybridized carbons (Fsp3) is 0.214. The van der Waals surface area contributed by atoms with E-state index in [2.05, 4.69) is 0 Å². The summed E-state index contributed by atoms with van der Waals surface area (Å²) < 4.78 is 14.8. The number of nitrogens with two attached hydrogens (primary N) is 1. The Bertz CT molecular complexity index is 777. The highest BCUT2D eigenvalue weighted by Gasteiger charge is 2.20. The first kappa shape index (κ1) is 14.6. The van der Waals surface area contributed by atoms with Gasteiger partial charge < -0.3 is 19.6 Å². The van der Waals surface area contributed by atoms with Gasteiger partial charge in [-0.1, -0.05) is 0 Å². The van der Waals surface area contributed by atoms with Gasteiger partial charge in [-0.05, 0) is 25.1 Å². The average molecular weight is 291 g/mol. The van der Waals surface area contributed by atoms with Gasteiger partial charge in [0.2, 0.25) is 0 Å². The van der Waals surface area contributed by atoms with Gasteiger partial charge in [0.1, 0.15) is 22.6 Å². The lowest BCUT2D eigenvalue weighted by molar-refractivity contribution is -0.131. The smallest absolute Gasteiger partial charge is 0.360 e. The fourth-order valence-electron chi connectivity index (χ4n) is 1.85. The molecule has 0 bridgehead atoms. The molecule has 0 radical (unpaired) electrons. The van der Waals surface area contributed by atoms with Gasteiger partial charge in [0, 0.05) is 12.3 Å². The van der Waals surface area contributed by atoms with E-state index in [-0.39, 0.29) is 34.6 Å². The molecule has 7 nitrogen and oxygen atoms in total. The Morgan fingerprint density at radius 2 is 2.05 bits per heavy atom. The Morgan fingerprint density at radius 3 is 2.67 bits per heavy atom. The molecule has 7 heteroatoms. The number of benzene rings is 1. The van der Waals surface area contributed by atoms with Gasteiger partial charge in [-0.25, -0.2) is 9.59 Å². The number of nitrogen functional groups attached to an aromatic ring is 1. The third kappa shape index (κ3) is 2.86. The second-order valence-electron chi connectivity index (χ2n) is 4.15. The third-order valence-corrected chi connectivity index (χ3v) is 2.65. The van der Waals surface area contributed by atoms with Crippen molar-refractivity contribution >= 4 is 28.6 Å². The predicted molar refractivity (Wildman–Crippen MR) is 74.2 cm³/mol. The molecule has 1 aromatic carbocycles. The van der Waals surface area contributed by atoms with Crippen molar-refractivity contribution in [3.63, 3.8) is 0 Å². The summed E-state index contributed by atoms with van der Waals surface area (Å²) in [5, 5.41) is 0.240. The predicted octanol–water partition coefficient (Wildman–Crippen LogP) is 1.48. The summed E-state index contributed by atoms with van der Waals surface area (Å²) in [6, 6.07) is 4.25. The topological polar surface area (TPSA) is 109 Å². The maximum absolute atomic E-state index is 12.0. The summed E-state index contributed by atoms with van der Waals surface area (Å²) in [7, 11) is 0. The highest BCUT2D eigenvalue weighted by atomic mass is 16.5. The van der Waals surface area contributed by atoms with E-state index < -0.39 is 17.6 Å². The average Bonchev–Trinajstić information content (AvgIpc) is 2.40. The molecule has 0 aliphatic heterocycles. The standard InChI is InChI=1S/C14H13NO6/c1-3-19-13(17)11-9-6-8(20-7(2)16)4-5-10(9)21-14(18)12(11)15/h4-6H,3,15H2,1-2H3. The number of carbonyl (C=O) groups is 2. The van der Waals surface area contributed by atoms with Crippen LogP contribution in [0.4, 0.5) is 5.69 Å². The molecule has 1 aromatic heterocycles. The summed E-state index contributed by atoms with van der Waals surface area (Å²) in [6.07, 6.45) is 0. The number of hydrogen-bond acceptors (Lipinski definition) is 7. The monoisotopic (exact) mass is 291 g/mol. The van der Waals surface area contributed by atoms with Gasteiger partial charge in [-0.3, -0.25) is 4.79 Å². The van der Waals surface area contributed by atoms with Gasteiger partial charge in [-0.15, -0.1) is 0 Å². The molecule has 0 unspecified atom stereocenters. The molecule has 0 saturated heterocycles. The minimum atomic E-state index is -0.828. The number of hydrogen-bond donors (Lipinski definition) is 1. The molecule has 0 spiro atoms. The van der Waals surface area contributed by atoms with E-state index in [1.54, 1.807) is 6.92 Å². The van der Waals surface area contributed by atoms with Crippen LogP contribution < -0.4 is 16.1 Å². The minimum absolute atomic E-state index is 0.0999. The van der Waals surface area contributed by atoms with Gasteiger partial charge in [0.15, 0.2) is 0 Å². The molecule has 2 N–H and O–H groups in total. The number of esters is 2. The third-order valence-electron chi connectivity index (χ3n) is 2.65. The van der Waals surface area contributed by atoms with Crippen molar-refractivity contribution in [1.82, 2.24) is 0 Å². The lowest BCUT2D eigenvalue weighted by Gasteiger charge is -2.09. The Morgan fingerprint density at radius 1 is 1.33 bits per heavy atom. The van der Waals surface area contributed by atoms with Crippen LogP contribution in [-0.4, -0.2) is 18.5 Å². The van der Waals surface area contributed by atoms with Crippen LogP contribution in [0.5, 0.6) is 5.75 Å². The molecule has 0 atom stereocenters. The van der Waals surface area contributed by atoms with Crippen LogP contribution in [0.25, 0.3) is 11.0 Å². The zero-order chi connectivity index (χ0) is 15.6. The van der Waals surface area contributed by atoms with Crippen molar-refractivity contribution in [1.29, 1.82) is 0 Å². The van der Waals surface area contributed by atoms with Crippen LogP contribution in [0.1, 0.15) is 24.2 Å². The van der Waals surface area contributed by atoms with Crippen molar-refractivity contribution in [2.75, 3.05) is 12.3 Å². The molecule has 0 fully saturated rings. The number of carbonyl (C=O) groups excluding carboxylic acids is 2. The van der Waals surface area contributed by atoms with Crippen molar-refractivity contribution in [3.05, 3.63) is 34.2 Å². The van der Waals surface area contributed by atoms with E-state index in [1.807, 2.05) is 0 Å². The van der Waals surface area contributed by atoms with Crippen LogP contribution in [-0.2, 0) is 9.53 Å². The Labute approximate surface area is 119 Å². The maximum atomic E-state index is 12.0. The van der Waals surface area contributed by atoms with Gasteiger partial charge >= 0.3 is 17.6 Å². The Hall–Kier alpha value is -2.83. The summed E-state index contributed by atoms with van der Waals surface area (Å²) in [5.74, 6) is -1.06. The molecule has 2 rings (SSSR count). The molecular weight excluding hydrogens is 278 g/mol. The summed E-state index contributed by atoms with van der Waals surface area (Å²) >= 11 is 0. The second kappa shape index (κ2) is 5.66. The molecule has 0 saturated carbocycles. The van der Waals surface area contributed by atoms with Crippen molar-refractivity contribution in [2.45, 2.75) is 13.8 Å². The van der Waals surface area contributed by atoms with Crippen LogP contribution >= 0.6 is 0 Å². The van der Waals surface area contributed by atoms with E-state index in [0.29, 0.717) is 0 Å². The van der Waals surface area contributed by atoms with Gasteiger partial charge in [0.25, 0.3) is 0 Å². The zero-order valence-corrected chi connectivity index (χ0v) is 11.5. The summed E-state index contributed by atoms with van der Waals surface area (Å²) in [5.41, 5.74) is 4.49. The number of ether oxygens (including phenoxy) is 2. The summed E-state index contributed by atoms with van der Waals surface area (Å²) in [4.78, 5) is 34.6.